The molecule has 0 saturated carbocycles. The van der Waals surface area contributed by atoms with Gasteiger partial charge >= 0.3 is 15.6 Å². The summed E-state index contributed by atoms with van der Waals surface area (Å²) in [4.78, 5) is 0.720. The molecule has 0 amide bonds. The van der Waals surface area contributed by atoms with E-state index < -0.39 is 25.9 Å². The minimum atomic E-state index is -5.87. The van der Waals surface area contributed by atoms with E-state index in [9.17, 15) is 21.6 Å². The van der Waals surface area contributed by atoms with Gasteiger partial charge in [-0.05, 0) is 72.8 Å². The Morgan fingerprint density at radius 3 is 1.10 bits per heavy atom. The molecular formula is C19H13Cl3F3O3S2+. The third-order valence-corrected chi connectivity index (χ3v) is 9.85. The Morgan fingerprint density at radius 2 is 0.867 bits per heavy atom. The summed E-state index contributed by atoms with van der Waals surface area (Å²) in [6.45, 7) is 0. The Hall–Kier alpha value is -1.42. The Morgan fingerprint density at radius 1 is 0.600 bits per heavy atom. The van der Waals surface area contributed by atoms with E-state index in [1.807, 2.05) is 0 Å². The fourth-order valence-corrected chi connectivity index (χ4v) is 7.95. The molecule has 3 aromatic carbocycles. The Bertz CT molecular complexity index is 1020. The quantitative estimate of drug-likeness (QED) is 0.197. The van der Waals surface area contributed by atoms with Crippen molar-refractivity contribution in [3.05, 3.63) is 87.9 Å². The maximum absolute atomic E-state index is 13.4. The molecule has 3 aromatic rings. The predicted molar refractivity (Wildman–Crippen MR) is 114 cm³/mol. The molecule has 0 aromatic heterocycles. The van der Waals surface area contributed by atoms with Crippen LogP contribution in [0.2, 0.25) is 15.1 Å². The van der Waals surface area contributed by atoms with Gasteiger partial charge in [-0.3, -0.25) is 3.63 Å². The van der Waals surface area contributed by atoms with Crippen LogP contribution in [-0.4, -0.2) is 17.6 Å². The van der Waals surface area contributed by atoms with Crippen molar-refractivity contribution >= 4 is 55.2 Å². The van der Waals surface area contributed by atoms with Crippen LogP contribution in [0.4, 0.5) is 13.2 Å². The van der Waals surface area contributed by atoms with Crippen molar-refractivity contribution in [1.82, 2.24) is 0 Å². The van der Waals surface area contributed by atoms with Crippen LogP contribution in [0.5, 0.6) is 0 Å². The van der Waals surface area contributed by atoms with Gasteiger partial charge in [0.2, 0.25) is 0 Å². The molecule has 0 spiro atoms. The van der Waals surface area contributed by atoms with Crippen LogP contribution >= 0.6 is 45.1 Å². The molecule has 0 radical (unpaired) electrons. The lowest BCUT2D eigenvalue weighted by molar-refractivity contribution is -0.0540. The summed E-state index contributed by atoms with van der Waals surface area (Å²) in [5.41, 5.74) is -5.57. The summed E-state index contributed by atoms with van der Waals surface area (Å²) >= 11 is 17.8. The summed E-state index contributed by atoms with van der Waals surface area (Å²) in [5.74, 6) is 0. The monoisotopic (exact) mass is 515 g/mol. The molecule has 0 saturated heterocycles. The van der Waals surface area contributed by atoms with Crippen molar-refractivity contribution in [2.24, 2.45) is 0 Å². The molecule has 1 N–H and O–H groups in total. The van der Waals surface area contributed by atoms with Crippen molar-refractivity contribution in [1.29, 1.82) is 0 Å². The predicted octanol–water partition coefficient (Wildman–Crippen LogP) is 7.79. The molecule has 3 nitrogen and oxygen atoms in total. The summed E-state index contributed by atoms with van der Waals surface area (Å²) in [5, 5.41) is 0.994. The van der Waals surface area contributed by atoms with Gasteiger partial charge in [0.15, 0.2) is 0 Å². The van der Waals surface area contributed by atoms with Crippen LogP contribution in [0.3, 0.4) is 0 Å². The number of alkyl halides is 3. The van der Waals surface area contributed by atoms with Crippen LogP contribution in [-0.2, 0) is 10.1 Å². The minimum absolute atomic E-state index is 0.240. The zero-order chi connectivity index (χ0) is 22.2. The fourth-order valence-electron chi connectivity index (χ4n) is 2.62. The van der Waals surface area contributed by atoms with E-state index in [-0.39, 0.29) is 14.7 Å². The second kappa shape index (κ2) is 8.61. The van der Waals surface area contributed by atoms with Crippen LogP contribution in [0.25, 0.3) is 0 Å². The molecule has 0 aliphatic rings. The molecule has 0 fully saturated rings. The van der Waals surface area contributed by atoms with Crippen molar-refractivity contribution in [2.45, 2.75) is 20.2 Å². The molecule has 0 atom stereocenters. The van der Waals surface area contributed by atoms with Crippen LogP contribution in [0, 0.1) is 0 Å². The molecule has 0 bridgehead atoms. The first-order valence-electron chi connectivity index (χ1n) is 8.11. The van der Waals surface area contributed by atoms with Gasteiger partial charge in [0.1, 0.15) is 0 Å². The fraction of sp³-hybridized carbons (Fsp3) is 0.0526. The van der Waals surface area contributed by atoms with E-state index >= 15 is 0 Å². The second-order valence-corrected chi connectivity index (χ2v) is 11.8. The van der Waals surface area contributed by atoms with Gasteiger partial charge in [-0.25, -0.2) is 0 Å². The summed E-state index contributed by atoms with van der Waals surface area (Å²) in [7, 11) is -9.15. The number of hydrogen-bond acceptors (Lipinski definition) is 2. The Balaban J connectivity index is 2.40. The lowest BCUT2D eigenvalue weighted by atomic mass is 10.3. The number of hydrogen-bond donors (Lipinski definition) is 0. The largest absolute Gasteiger partial charge is 0.572 e. The van der Waals surface area contributed by atoms with Gasteiger partial charge in [-0.1, -0.05) is 34.8 Å². The minimum Gasteiger partial charge on any atom is -0.255 e. The standard InChI is InChI=1S/C19H12Cl3F3O3S2/c20-13-1-7-16(8-2-13)29(17-9-3-14(21)4-10-17,18-11-5-15(22)6-12-18)28-30(26,27)19(23,24)25/h1-12H/p+1. The van der Waals surface area contributed by atoms with Crippen molar-refractivity contribution in [3.8, 4) is 0 Å². The lowest BCUT2D eigenvalue weighted by Crippen LogP contribution is -2.30. The SMILES string of the molecule is O=S(=O)([OH+]S(c1ccc(Cl)cc1)(c1ccc(Cl)cc1)c1ccc(Cl)cc1)C(F)(F)F. The van der Waals surface area contributed by atoms with E-state index in [1.165, 1.54) is 72.8 Å². The number of rotatable bonds is 5. The van der Waals surface area contributed by atoms with E-state index in [0.29, 0.717) is 15.1 Å². The van der Waals surface area contributed by atoms with Crippen molar-refractivity contribution in [2.75, 3.05) is 0 Å². The molecule has 3 rings (SSSR count). The van der Waals surface area contributed by atoms with Gasteiger partial charge < -0.3 is 0 Å². The molecule has 0 heterocycles. The molecule has 0 aliphatic heterocycles. The maximum atomic E-state index is 13.4. The van der Waals surface area contributed by atoms with Crippen LogP contribution < -0.4 is 0 Å². The van der Waals surface area contributed by atoms with Crippen LogP contribution in [0.1, 0.15) is 0 Å². The van der Waals surface area contributed by atoms with E-state index in [1.54, 1.807) is 0 Å². The second-order valence-electron chi connectivity index (χ2n) is 5.94. The molecule has 0 aliphatic carbocycles. The molecular weight excluding hydrogens is 504 g/mol. The first-order valence-corrected chi connectivity index (χ1v) is 12.3. The number of halogens is 6. The maximum Gasteiger partial charge on any atom is 0.572 e. The van der Waals surface area contributed by atoms with E-state index in [4.69, 9.17) is 34.8 Å². The molecule has 11 heteroatoms. The van der Waals surface area contributed by atoms with Gasteiger partial charge in [-0.15, -0.1) is 8.42 Å². The first kappa shape index (κ1) is 23.2. The highest BCUT2D eigenvalue weighted by molar-refractivity contribution is 8.32. The Kier molecular flexibility index (Phi) is 6.67. The van der Waals surface area contributed by atoms with Crippen molar-refractivity contribution < 1.29 is 25.2 Å². The highest BCUT2D eigenvalue weighted by atomic mass is 35.5. The summed E-state index contributed by atoms with van der Waals surface area (Å²) < 4.78 is 68.1. The number of benzene rings is 3. The molecule has 30 heavy (non-hydrogen) atoms. The van der Waals surface area contributed by atoms with Crippen LogP contribution in [0.15, 0.2) is 87.5 Å². The third-order valence-electron chi connectivity index (χ3n) is 3.97. The third kappa shape index (κ3) is 4.59. The highest BCUT2D eigenvalue weighted by Gasteiger charge is 2.57. The molecule has 160 valence electrons. The van der Waals surface area contributed by atoms with Gasteiger partial charge in [0.05, 0.1) is 25.0 Å². The normalized spacial score (nSPS) is 13.3. The van der Waals surface area contributed by atoms with Crippen molar-refractivity contribution in [3.63, 3.8) is 0 Å². The first-order chi connectivity index (χ1) is 14.0. The average molecular weight is 517 g/mol. The van der Waals surface area contributed by atoms with Gasteiger partial charge in [-0.2, -0.15) is 13.2 Å². The Labute approximate surface area is 188 Å². The van der Waals surface area contributed by atoms with E-state index in [0.717, 1.165) is 0 Å². The zero-order valence-electron chi connectivity index (χ0n) is 14.8. The average Bonchev–Trinajstić information content (AvgIpc) is 2.67. The zero-order valence-corrected chi connectivity index (χ0v) is 18.7. The topological polar surface area (TPSA) is 46.9 Å². The lowest BCUT2D eigenvalue weighted by Gasteiger charge is -2.35. The van der Waals surface area contributed by atoms with E-state index in [2.05, 4.69) is 3.63 Å². The van der Waals surface area contributed by atoms with Gasteiger partial charge in [0, 0.05) is 15.1 Å². The molecule has 0 unspecified atom stereocenters. The highest BCUT2D eigenvalue weighted by Crippen LogP contribution is 2.69. The summed E-state index contributed by atoms with van der Waals surface area (Å²) in [6, 6.07) is 17.5. The smallest absolute Gasteiger partial charge is 0.255 e. The van der Waals surface area contributed by atoms with Gasteiger partial charge in [0.25, 0.3) is 0 Å². The summed E-state index contributed by atoms with van der Waals surface area (Å²) in [6.07, 6.45) is 0.